The zero-order chi connectivity index (χ0) is 14.9. The van der Waals surface area contributed by atoms with E-state index in [1.54, 1.807) is 13.0 Å². The molecule has 110 valence electrons. The third kappa shape index (κ3) is 3.25. The molecule has 2 heterocycles. The highest BCUT2D eigenvalue weighted by molar-refractivity contribution is 7.91. The maximum absolute atomic E-state index is 12.2. The molecule has 1 N–H and O–H groups in total. The Hall–Kier alpha value is -1.25. The van der Waals surface area contributed by atoms with Crippen molar-refractivity contribution < 1.29 is 12.9 Å². The van der Waals surface area contributed by atoms with E-state index in [9.17, 15) is 8.42 Å². The van der Waals surface area contributed by atoms with E-state index in [1.165, 1.54) is 0 Å². The number of aromatic nitrogens is 2. The van der Waals surface area contributed by atoms with E-state index in [0.29, 0.717) is 12.1 Å². The monoisotopic (exact) mass is 315 g/mol. The zero-order valence-corrected chi connectivity index (χ0v) is 13.4. The number of rotatable bonds is 5. The summed E-state index contributed by atoms with van der Waals surface area (Å²) in [6, 6.07) is 1.31. The Morgan fingerprint density at radius 3 is 2.60 bits per heavy atom. The van der Waals surface area contributed by atoms with Crippen molar-refractivity contribution in [2.24, 2.45) is 0 Å². The standard InChI is InChI=1S/C12H17N3O3S2/c1-7-6-12(19-14-7)20(16,17)15-8(2)5-11-9(3)13-18-10(11)4/h6,8,15H,5H2,1-4H3/t8-/m0/s1. The molecule has 2 rings (SSSR count). The van der Waals surface area contributed by atoms with Crippen molar-refractivity contribution in [3.8, 4) is 0 Å². The number of nitrogens with zero attached hydrogens (tertiary/aromatic N) is 2. The highest BCUT2D eigenvalue weighted by Gasteiger charge is 2.21. The largest absolute Gasteiger partial charge is 0.361 e. The van der Waals surface area contributed by atoms with Gasteiger partial charge in [-0.1, -0.05) is 5.16 Å². The number of hydrogen-bond acceptors (Lipinski definition) is 6. The maximum atomic E-state index is 12.2. The van der Waals surface area contributed by atoms with Crippen molar-refractivity contribution in [2.45, 2.75) is 44.4 Å². The summed E-state index contributed by atoms with van der Waals surface area (Å²) in [5, 5.41) is 3.87. The molecule has 1 atom stereocenters. The maximum Gasteiger partial charge on any atom is 0.251 e. The molecule has 8 heteroatoms. The average Bonchev–Trinajstić information content (AvgIpc) is 2.90. The summed E-state index contributed by atoms with van der Waals surface area (Å²) in [6.07, 6.45) is 0.540. The summed E-state index contributed by atoms with van der Waals surface area (Å²) < 4.78 is 36.3. The van der Waals surface area contributed by atoms with Gasteiger partial charge in [0.2, 0.25) is 0 Å². The molecule has 0 radical (unpaired) electrons. The smallest absolute Gasteiger partial charge is 0.251 e. The van der Waals surface area contributed by atoms with E-state index in [-0.39, 0.29) is 10.3 Å². The van der Waals surface area contributed by atoms with Crippen LogP contribution in [0.25, 0.3) is 0 Å². The van der Waals surface area contributed by atoms with Crippen LogP contribution in [0, 0.1) is 20.8 Å². The third-order valence-corrected chi connectivity index (χ3v) is 5.84. The molecular weight excluding hydrogens is 298 g/mol. The molecule has 0 aliphatic carbocycles. The lowest BCUT2D eigenvalue weighted by molar-refractivity contribution is 0.392. The van der Waals surface area contributed by atoms with Crippen molar-refractivity contribution >= 4 is 21.6 Å². The van der Waals surface area contributed by atoms with Crippen LogP contribution < -0.4 is 4.72 Å². The fourth-order valence-corrected chi connectivity index (χ4v) is 4.14. The lowest BCUT2D eigenvalue weighted by Gasteiger charge is -2.12. The number of aryl methyl sites for hydroxylation is 3. The summed E-state index contributed by atoms with van der Waals surface area (Å²) in [5.41, 5.74) is 2.44. The molecule has 2 aromatic heterocycles. The number of sulfonamides is 1. The zero-order valence-electron chi connectivity index (χ0n) is 11.8. The van der Waals surface area contributed by atoms with Gasteiger partial charge in [-0.15, -0.1) is 0 Å². The van der Waals surface area contributed by atoms with Crippen LogP contribution in [0.3, 0.4) is 0 Å². The number of nitrogens with one attached hydrogen (secondary N) is 1. The summed E-state index contributed by atoms with van der Waals surface area (Å²) in [4.78, 5) is 0. The summed E-state index contributed by atoms with van der Waals surface area (Å²) >= 11 is 0.981. The van der Waals surface area contributed by atoms with E-state index in [4.69, 9.17) is 4.52 Å². The molecule has 0 aliphatic heterocycles. The van der Waals surface area contributed by atoms with Crippen molar-refractivity contribution in [1.29, 1.82) is 0 Å². The molecule has 0 unspecified atom stereocenters. The topological polar surface area (TPSA) is 85.1 Å². The predicted molar refractivity (Wildman–Crippen MR) is 76.3 cm³/mol. The Kier molecular flexibility index (Phi) is 4.26. The fraction of sp³-hybridized carbons (Fsp3) is 0.500. The van der Waals surface area contributed by atoms with E-state index < -0.39 is 10.0 Å². The van der Waals surface area contributed by atoms with Crippen LogP contribution >= 0.6 is 11.5 Å². The van der Waals surface area contributed by atoms with Gasteiger partial charge < -0.3 is 4.52 Å². The van der Waals surface area contributed by atoms with Crippen molar-refractivity contribution in [1.82, 2.24) is 14.3 Å². The second-order valence-electron chi connectivity index (χ2n) is 4.82. The SMILES string of the molecule is Cc1cc(S(=O)(=O)N[C@@H](C)Cc2c(C)noc2C)sn1. The molecule has 6 nitrogen and oxygen atoms in total. The molecule has 2 aromatic rings. The van der Waals surface area contributed by atoms with Gasteiger partial charge in [-0.25, -0.2) is 13.1 Å². The Labute approximate surface area is 122 Å². The molecule has 0 spiro atoms. The normalized spacial score (nSPS) is 13.6. The molecule has 0 saturated heterocycles. The van der Waals surface area contributed by atoms with Crippen LogP contribution in [0.5, 0.6) is 0 Å². The van der Waals surface area contributed by atoms with Crippen LogP contribution in [-0.4, -0.2) is 24.0 Å². The summed E-state index contributed by atoms with van der Waals surface area (Å²) in [7, 11) is -3.51. The van der Waals surface area contributed by atoms with Crippen LogP contribution in [0.15, 0.2) is 14.8 Å². The average molecular weight is 315 g/mol. The van der Waals surface area contributed by atoms with Gasteiger partial charge in [0, 0.05) is 11.6 Å². The van der Waals surface area contributed by atoms with Gasteiger partial charge in [-0.2, -0.15) is 4.37 Å². The van der Waals surface area contributed by atoms with Crippen LogP contribution in [0.4, 0.5) is 0 Å². The Bertz CT molecular complexity index is 684. The highest BCUT2D eigenvalue weighted by atomic mass is 32.2. The quantitative estimate of drug-likeness (QED) is 0.911. The minimum Gasteiger partial charge on any atom is -0.361 e. The van der Waals surface area contributed by atoms with E-state index in [1.807, 2.05) is 20.8 Å². The summed E-state index contributed by atoms with van der Waals surface area (Å²) in [5.74, 6) is 0.724. The first-order chi connectivity index (χ1) is 9.29. The van der Waals surface area contributed by atoms with Crippen LogP contribution in [-0.2, 0) is 16.4 Å². The Morgan fingerprint density at radius 1 is 1.40 bits per heavy atom. The molecule has 20 heavy (non-hydrogen) atoms. The summed E-state index contributed by atoms with van der Waals surface area (Å²) in [6.45, 7) is 7.25. The first-order valence-electron chi connectivity index (χ1n) is 6.17. The molecule has 0 aromatic carbocycles. The fourth-order valence-electron chi connectivity index (χ4n) is 1.93. The Morgan fingerprint density at radius 2 is 2.10 bits per heavy atom. The predicted octanol–water partition coefficient (Wildman–Crippen LogP) is 1.97. The first kappa shape index (κ1) is 15.1. The van der Waals surface area contributed by atoms with Crippen molar-refractivity contribution in [3.05, 3.63) is 28.8 Å². The lowest BCUT2D eigenvalue weighted by atomic mass is 10.1. The van der Waals surface area contributed by atoms with Gasteiger partial charge in [0.1, 0.15) is 5.76 Å². The first-order valence-corrected chi connectivity index (χ1v) is 8.42. The second-order valence-corrected chi connectivity index (χ2v) is 7.56. The van der Waals surface area contributed by atoms with E-state index in [0.717, 1.165) is 28.6 Å². The molecule has 0 bridgehead atoms. The van der Waals surface area contributed by atoms with Crippen LogP contribution in [0.2, 0.25) is 0 Å². The molecule has 0 fully saturated rings. The minimum atomic E-state index is -3.51. The molecule has 0 aliphatic rings. The van der Waals surface area contributed by atoms with Gasteiger partial charge in [0.05, 0.1) is 11.4 Å². The van der Waals surface area contributed by atoms with Crippen molar-refractivity contribution in [3.63, 3.8) is 0 Å². The van der Waals surface area contributed by atoms with Crippen LogP contribution in [0.1, 0.15) is 29.6 Å². The van der Waals surface area contributed by atoms with Gasteiger partial charge >= 0.3 is 0 Å². The van der Waals surface area contributed by atoms with E-state index in [2.05, 4.69) is 14.3 Å². The minimum absolute atomic E-state index is 0.237. The van der Waals surface area contributed by atoms with E-state index >= 15 is 0 Å². The number of hydrogen-bond donors (Lipinski definition) is 1. The highest BCUT2D eigenvalue weighted by Crippen LogP contribution is 2.18. The second kappa shape index (κ2) is 5.63. The van der Waals surface area contributed by atoms with Gasteiger partial charge in [0.15, 0.2) is 4.21 Å². The molecular formula is C12H17N3O3S2. The Balaban J connectivity index is 2.10. The molecule has 0 amide bonds. The third-order valence-electron chi connectivity index (χ3n) is 2.92. The lowest BCUT2D eigenvalue weighted by Crippen LogP contribution is -2.33. The van der Waals surface area contributed by atoms with Gasteiger partial charge in [0.25, 0.3) is 10.0 Å². The molecule has 0 saturated carbocycles. The van der Waals surface area contributed by atoms with Crippen molar-refractivity contribution in [2.75, 3.05) is 0 Å². The van der Waals surface area contributed by atoms with Gasteiger partial charge in [-0.05, 0) is 51.7 Å². The van der Waals surface area contributed by atoms with Gasteiger partial charge in [-0.3, -0.25) is 0 Å².